The first-order valence-electron chi connectivity index (χ1n) is 8.28. The van der Waals surface area contributed by atoms with Crippen molar-refractivity contribution in [3.8, 4) is 0 Å². The molecule has 0 radical (unpaired) electrons. The van der Waals surface area contributed by atoms with Crippen LogP contribution in [0.1, 0.15) is 55.4 Å². The lowest BCUT2D eigenvalue weighted by atomic mass is 10.1. The lowest BCUT2D eigenvalue weighted by molar-refractivity contribution is 0.635. The Morgan fingerprint density at radius 1 is 0.957 bits per heavy atom. The van der Waals surface area contributed by atoms with Crippen LogP contribution in [0, 0.1) is 5.92 Å². The molecular formula is C19H32NPS2. The number of para-hydroxylation sites is 1. The van der Waals surface area contributed by atoms with Gasteiger partial charge in [-0.3, -0.25) is 0 Å². The molecule has 0 aliphatic heterocycles. The van der Waals surface area contributed by atoms with E-state index in [2.05, 4.69) is 72.8 Å². The highest BCUT2D eigenvalue weighted by atomic mass is 32.4. The van der Waals surface area contributed by atoms with E-state index in [-0.39, 0.29) is 16.0 Å². The summed E-state index contributed by atoms with van der Waals surface area (Å²) in [6.45, 7) is 18.3. The number of hydrogen-bond donors (Lipinski definition) is 1. The maximum Gasteiger partial charge on any atom is 0.0882 e. The van der Waals surface area contributed by atoms with Gasteiger partial charge in [-0.15, -0.1) is 0 Å². The minimum Gasteiger partial charge on any atom is -0.349 e. The Morgan fingerprint density at radius 3 is 1.74 bits per heavy atom. The van der Waals surface area contributed by atoms with Crippen LogP contribution in [0.2, 0.25) is 0 Å². The minimum absolute atomic E-state index is 0.0674. The van der Waals surface area contributed by atoms with Gasteiger partial charge in [0, 0.05) is 11.3 Å². The normalized spacial score (nSPS) is 14.7. The number of thiocarbonyl (C=S) groups is 1. The second-order valence-electron chi connectivity index (χ2n) is 8.54. The molecule has 0 aliphatic rings. The summed E-state index contributed by atoms with van der Waals surface area (Å²) in [6, 6.07) is 8.37. The van der Waals surface area contributed by atoms with Crippen molar-refractivity contribution in [1.29, 1.82) is 0 Å². The third-order valence-electron chi connectivity index (χ3n) is 4.33. The van der Waals surface area contributed by atoms with E-state index in [0.717, 1.165) is 10.7 Å². The topological polar surface area (TPSA) is 12.0 Å². The van der Waals surface area contributed by atoms with E-state index in [1.54, 1.807) is 0 Å². The lowest BCUT2D eigenvalue weighted by Gasteiger charge is -2.51. The molecule has 23 heavy (non-hydrogen) atoms. The first-order valence-corrected chi connectivity index (χ1v) is 11.6. The van der Waals surface area contributed by atoms with Crippen LogP contribution < -0.4 is 5.32 Å². The van der Waals surface area contributed by atoms with Crippen LogP contribution in [0.15, 0.2) is 30.3 Å². The highest BCUT2D eigenvalue weighted by Crippen LogP contribution is 2.71. The van der Waals surface area contributed by atoms with Crippen LogP contribution in [-0.2, 0) is 11.8 Å². The summed E-state index contributed by atoms with van der Waals surface area (Å²) in [5, 5.41) is 3.60. The second-order valence-corrected chi connectivity index (χ2v) is 15.3. The van der Waals surface area contributed by atoms with Crippen LogP contribution in [0.5, 0.6) is 0 Å². The van der Waals surface area contributed by atoms with E-state index in [9.17, 15) is 0 Å². The molecule has 1 N–H and O–H groups in total. The zero-order valence-corrected chi connectivity index (χ0v) is 18.3. The summed E-state index contributed by atoms with van der Waals surface area (Å²) < 4.78 is 0. The summed E-state index contributed by atoms with van der Waals surface area (Å²) >= 11 is 12.3. The molecule has 0 aliphatic carbocycles. The largest absolute Gasteiger partial charge is 0.349 e. The fourth-order valence-corrected chi connectivity index (χ4v) is 10.5. The first-order chi connectivity index (χ1) is 10.3. The molecule has 1 atom stereocenters. The Balaban J connectivity index is 3.33. The molecule has 1 rings (SSSR count). The van der Waals surface area contributed by atoms with E-state index < -0.39 is 6.04 Å². The zero-order chi connectivity index (χ0) is 18.1. The highest BCUT2D eigenvalue weighted by molar-refractivity contribution is 8.17. The maximum atomic E-state index is 6.45. The van der Waals surface area contributed by atoms with Gasteiger partial charge in [0.2, 0.25) is 0 Å². The van der Waals surface area contributed by atoms with Gasteiger partial charge in [-0.05, 0) is 34.4 Å². The summed E-state index contributed by atoms with van der Waals surface area (Å²) in [6.07, 6.45) is 0. The molecule has 1 unspecified atom stereocenters. The van der Waals surface area contributed by atoms with Gasteiger partial charge in [0.25, 0.3) is 0 Å². The van der Waals surface area contributed by atoms with Crippen molar-refractivity contribution < 1.29 is 0 Å². The van der Waals surface area contributed by atoms with Gasteiger partial charge in [-0.25, -0.2) is 0 Å². The summed E-state index contributed by atoms with van der Waals surface area (Å²) in [5.74, 6) is 0.419. The van der Waals surface area contributed by atoms with Crippen molar-refractivity contribution in [3.05, 3.63) is 30.3 Å². The van der Waals surface area contributed by atoms with Crippen LogP contribution in [0.4, 0.5) is 5.69 Å². The van der Waals surface area contributed by atoms with Gasteiger partial charge in [0.05, 0.1) is 4.99 Å². The monoisotopic (exact) mass is 369 g/mol. The molecule has 1 aromatic rings. The molecule has 0 aromatic heterocycles. The predicted octanol–water partition coefficient (Wildman–Crippen LogP) is 6.53. The van der Waals surface area contributed by atoms with E-state index >= 15 is 0 Å². The SMILES string of the molecule is CC(C)C(C(=S)Nc1ccccc1)P(=S)(C(C)(C)C)C(C)(C)C. The molecule has 0 bridgehead atoms. The molecule has 1 aromatic carbocycles. The van der Waals surface area contributed by atoms with Crippen molar-refractivity contribution in [2.45, 2.75) is 71.4 Å². The number of anilines is 1. The number of rotatable bonds is 4. The molecule has 0 saturated heterocycles. The highest BCUT2D eigenvalue weighted by Gasteiger charge is 2.49. The standard InChI is InChI=1S/C19H32NPS2/c1-14(2)16(17(22)20-15-12-10-9-11-13-15)21(23,18(3,4)5)19(6,7)8/h9-14,16H,1-8H3,(H,20,22). The number of benzene rings is 1. The Hall–Kier alpha value is -0.240. The summed E-state index contributed by atoms with van der Waals surface area (Å²) in [7, 11) is 0. The third kappa shape index (κ3) is 4.44. The zero-order valence-electron chi connectivity index (χ0n) is 15.8. The Labute approximate surface area is 153 Å². The van der Waals surface area contributed by atoms with E-state index in [4.69, 9.17) is 24.0 Å². The summed E-state index contributed by atoms with van der Waals surface area (Å²) in [5.41, 5.74) is 1.28. The van der Waals surface area contributed by atoms with Crippen LogP contribution in [0.3, 0.4) is 0 Å². The molecule has 0 amide bonds. The van der Waals surface area contributed by atoms with Crippen molar-refractivity contribution in [2.75, 3.05) is 5.32 Å². The molecule has 0 spiro atoms. The van der Waals surface area contributed by atoms with Gasteiger partial charge in [-0.2, -0.15) is 0 Å². The smallest absolute Gasteiger partial charge is 0.0882 e. The Morgan fingerprint density at radius 2 is 1.39 bits per heavy atom. The Bertz CT molecular complexity index is 562. The average molecular weight is 370 g/mol. The first kappa shape index (κ1) is 20.8. The lowest BCUT2D eigenvalue weighted by Crippen LogP contribution is -2.42. The quantitative estimate of drug-likeness (QED) is 0.479. The fourth-order valence-electron chi connectivity index (χ4n) is 3.47. The summed E-state index contributed by atoms with van der Waals surface area (Å²) in [4.78, 5) is 0.902. The van der Waals surface area contributed by atoms with Crippen LogP contribution in [0.25, 0.3) is 0 Å². The molecule has 0 heterocycles. The van der Waals surface area contributed by atoms with E-state index in [1.807, 2.05) is 18.2 Å². The fraction of sp³-hybridized carbons (Fsp3) is 0.632. The van der Waals surface area contributed by atoms with Gasteiger partial charge < -0.3 is 5.32 Å². The predicted molar refractivity (Wildman–Crippen MR) is 115 cm³/mol. The molecule has 1 nitrogen and oxygen atoms in total. The molecule has 130 valence electrons. The van der Waals surface area contributed by atoms with Crippen LogP contribution >= 0.6 is 18.3 Å². The van der Waals surface area contributed by atoms with Gasteiger partial charge in [-0.1, -0.05) is 97.6 Å². The molecule has 0 fully saturated rings. The maximum absolute atomic E-state index is 6.45. The van der Waals surface area contributed by atoms with Crippen molar-refractivity contribution in [2.24, 2.45) is 5.92 Å². The van der Waals surface area contributed by atoms with Gasteiger partial charge >= 0.3 is 0 Å². The van der Waals surface area contributed by atoms with Gasteiger partial charge in [0.1, 0.15) is 0 Å². The van der Waals surface area contributed by atoms with Crippen molar-refractivity contribution in [3.63, 3.8) is 0 Å². The van der Waals surface area contributed by atoms with Crippen molar-refractivity contribution in [1.82, 2.24) is 0 Å². The Kier molecular flexibility index (Phi) is 6.63. The molecule has 0 saturated carbocycles. The minimum atomic E-state index is -1.82. The van der Waals surface area contributed by atoms with Crippen LogP contribution in [-0.4, -0.2) is 21.0 Å². The number of nitrogens with one attached hydrogen (secondary N) is 1. The van der Waals surface area contributed by atoms with E-state index in [1.165, 1.54) is 0 Å². The average Bonchev–Trinajstić information content (AvgIpc) is 2.36. The molecular weight excluding hydrogens is 337 g/mol. The van der Waals surface area contributed by atoms with Gasteiger partial charge in [0.15, 0.2) is 0 Å². The van der Waals surface area contributed by atoms with Crippen molar-refractivity contribution >= 4 is 40.7 Å². The third-order valence-corrected chi connectivity index (χ3v) is 14.4. The second kappa shape index (κ2) is 7.33. The molecule has 4 heteroatoms. The number of hydrogen-bond acceptors (Lipinski definition) is 2. The van der Waals surface area contributed by atoms with E-state index in [0.29, 0.717) is 5.92 Å².